The van der Waals surface area contributed by atoms with Gasteiger partial charge in [0.25, 0.3) is 0 Å². The number of aromatic nitrogens is 1. The Balaban J connectivity index is 1.52. The first-order chi connectivity index (χ1) is 12.1. The zero-order valence-corrected chi connectivity index (χ0v) is 16.0. The van der Waals surface area contributed by atoms with Crippen molar-refractivity contribution in [2.45, 2.75) is 38.3 Å². The Morgan fingerprint density at radius 2 is 2.32 bits per heavy atom. The lowest BCUT2D eigenvalue weighted by Crippen LogP contribution is -2.47. The largest absolute Gasteiger partial charge is 0.383 e. The fourth-order valence-corrected chi connectivity index (χ4v) is 4.36. The van der Waals surface area contributed by atoms with Crippen molar-refractivity contribution in [1.82, 2.24) is 14.8 Å². The summed E-state index contributed by atoms with van der Waals surface area (Å²) >= 11 is 0. The van der Waals surface area contributed by atoms with E-state index in [1.165, 1.54) is 25.0 Å². The van der Waals surface area contributed by atoms with Crippen LogP contribution in [-0.4, -0.2) is 73.9 Å². The van der Waals surface area contributed by atoms with Crippen molar-refractivity contribution < 1.29 is 9.47 Å². The zero-order valence-electron chi connectivity index (χ0n) is 16.0. The smallest absolute Gasteiger partial charge is 0.0813 e. The van der Waals surface area contributed by atoms with Crippen molar-refractivity contribution in [1.29, 1.82) is 0 Å². The summed E-state index contributed by atoms with van der Waals surface area (Å²) in [7, 11) is 3.95. The molecule has 1 aromatic heterocycles. The van der Waals surface area contributed by atoms with Crippen LogP contribution in [0.15, 0.2) is 18.2 Å². The highest BCUT2D eigenvalue weighted by Gasteiger charge is 2.43. The number of nitrogens with zero attached hydrogens (tertiary/aromatic N) is 3. The summed E-state index contributed by atoms with van der Waals surface area (Å²) in [4.78, 5) is 9.56. The van der Waals surface area contributed by atoms with E-state index in [0.29, 0.717) is 5.92 Å². The fraction of sp³-hybridized carbons (Fsp3) is 0.750. The number of methoxy groups -OCH3 is 1. The molecular formula is C20H33N3O2. The molecule has 0 bridgehead atoms. The highest BCUT2D eigenvalue weighted by molar-refractivity contribution is 5.10. The van der Waals surface area contributed by atoms with E-state index in [-0.39, 0.29) is 5.60 Å². The number of hydrogen-bond acceptors (Lipinski definition) is 5. The summed E-state index contributed by atoms with van der Waals surface area (Å²) in [5, 5.41) is 0. The van der Waals surface area contributed by atoms with Crippen molar-refractivity contribution in [2.75, 3.05) is 53.6 Å². The maximum absolute atomic E-state index is 6.37. The SMILES string of the molecule is COCCN(C)C[C@@H]1CO[C@@]2(CCCN(Cc3cccc(C)n3)C2)C1. The van der Waals surface area contributed by atoms with Gasteiger partial charge in [0.15, 0.2) is 0 Å². The molecule has 3 heterocycles. The Labute approximate surface area is 152 Å². The molecule has 0 N–H and O–H groups in total. The highest BCUT2D eigenvalue weighted by atomic mass is 16.5. The van der Waals surface area contributed by atoms with Crippen molar-refractivity contribution in [3.8, 4) is 0 Å². The molecule has 5 heteroatoms. The van der Waals surface area contributed by atoms with Crippen LogP contribution in [0, 0.1) is 12.8 Å². The van der Waals surface area contributed by atoms with Gasteiger partial charge in [-0.3, -0.25) is 9.88 Å². The van der Waals surface area contributed by atoms with E-state index >= 15 is 0 Å². The Morgan fingerprint density at radius 1 is 1.44 bits per heavy atom. The van der Waals surface area contributed by atoms with E-state index in [0.717, 1.165) is 51.6 Å². The minimum atomic E-state index is 0.0643. The number of piperidine rings is 1. The van der Waals surface area contributed by atoms with Gasteiger partial charge < -0.3 is 14.4 Å². The lowest BCUT2D eigenvalue weighted by atomic mass is 9.86. The number of ether oxygens (including phenoxy) is 2. The molecule has 0 aromatic carbocycles. The first-order valence-corrected chi connectivity index (χ1v) is 9.55. The fourth-order valence-electron chi connectivity index (χ4n) is 4.36. The van der Waals surface area contributed by atoms with Gasteiger partial charge in [0.1, 0.15) is 0 Å². The van der Waals surface area contributed by atoms with Gasteiger partial charge in [0, 0.05) is 39.0 Å². The second kappa shape index (κ2) is 8.58. The van der Waals surface area contributed by atoms with Crippen LogP contribution in [0.2, 0.25) is 0 Å². The number of hydrogen-bond donors (Lipinski definition) is 0. The molecule has 2 fully saturated rings. The summed E-state index contributed by atoms with van der Waals surface area (Å²) in [6.45, 7) is 8.98. The third-order valence-corrected chi connectivity index (χ3v) is 5.48. The van der Waals surface area contributed by atoms with Crippen LogP contribution < -0.4 is 0 Å². The molecule has 2 atom stereocenters. The van der Waals surface area contributed by atoms with Gasteiger partial charge in [-0.1, -0.05) is 6.07 Å². The Bertz CT molecular complexity index is 553. The summed E-state index contributed by atoms with van der Waals surface area (Å²) in [5.41, 5.74) is 2.33. The molecule has 3 rings (SSSR count). The number of pyridine rings is 1. The van der Waals surface area contributed by atoms with Gasteiger partial charge in [-0.25, -0.2) is 0 Å². The minimum Gasteiger partial charge on any atom is -0.383 e. The highest BCUT2D eigenvalue weighted by Crippen LogP contribution is 2.38. The van der Waals surface area contributed by atoms with Gasteiger partial charge in [0.2, 0.25) is 0 Å². The summed E-state index contributed by atoms with van der Waals surface area (Å²) < 4.78 is 11.6. The Morgan fingerprint density at radius 3 is 3.12 bits per heavy atom. The quantitative estimate of drug-likeness (QED) is 0.757. The number of rotatable bonds is 7. The van der Waals surface area contributed by atoms with Gasteiger partial charge in [-0.15, -0.1) is 0 Å². The number of likely N-dealkylation sites (tertiary alicyclic amines) is 1. The predicted molar refractivity (Wildman–Crippen MR) is 99.6 cm³/mol. The molecule has 2 aliphatic heterocycles. The van der Waals surface area contributed by atoms with E-state index in [1.807, 2.05) is 0 Å². The molecule has 0 unspecified atom stereocenters. The van der Waals surface area contributed by atoms with Gasteiger partial charge >= 0.3 is 0 Å². The molecule has 1 aromatic rings. The zero-order chi connectivity index (χ0) is 17.7. The molecule has 5 nitrogen and oxygen atoms in total. The molecule has 0 saturated carbocycles. The average Bonchev–Trinajstić information content (AvgIpc) is 2.95. The van der Waals surface area contributed by atoms with Crippen LogP contribution in [0.25, 0.3) is 0 Å². The lowest BCUT2D eigenvalue weighted by molar-refractivity contribution is -0.0538. The second-order valence-electron chi connectivity index (χ2n) is 7.90. The molecule has 140 valence electrons. The van der Waals surface area contributed by atoms with E-state index in [1.54, 1.807) is 7.11 Å². The molecule has 0 radical (unpaired) electrons. The lowest BCUT2D eigenvalue weighted by Gasteiger charge is -2.39. The summed E-state index contributed by atoms with van der Waals surface area (Å²) in [5.74, 6) is 0.638. The van der Waals surface area contributed by atoms with Crippen molar-refractivity contribution >= 4 is 0 Å². The van der Waals surface area contributed by atoms with Crippen LogP contribution >= 0.6 is 0 Å². The third-order valence-electron chi connectivity index (χ3n) is 5.48. The Hall–Kier alpha value is -1.01. The molecule has 0 aliphatic carbocycles. The van der Waals surface area contributed by atoms with E-state index in [2.05, 4.69) is 47.0 Å². The monoisotopic (exact) mass is 347 g/mol. The summed E-state index contributed by atoms with van der Waals surface area (Å²) in [6.07, 6.45) is 3.60. The maximum atomic E-state index is 6.37. The van der Waals surface area contributed by atoms with Crippen molar-refractivity contribution in [2.24, 2.45) is 5.92 Å². The van der Waals surface area contributed by atoms with Crippen LogP contribution in [0.4, 0.5) is 0 Å². The molecule has 2 aliphatic rings. The molecule has 1 spiro atoms. The molecular weight excluding hydrogens is 314 g/mol. The summed E-state index contributed by atoms with van der Waals surface area (Å²) in [6, 6.07) is 6.30. The van der Waals surface area contributed by atoms with Crippen molar-refractivity contribution in [3.63, 3.8) is 0 Å². The first kappa shape index (κ1) is 18.8. The second-order valence-corrected chi connectivity index (χ2v) is 7.90. The van der Waals surface area contributed by atoms with Gasteiger partial charge in [-0.05, 0) is 57.8 Å². The molecule has 25 heavy (non-hydrogen) atoms. The van der Waals surface area contributed by atoms with E-state index in [9.17, 15) is 0 Å². The van der Waals surface area contributed by atoms with E-state index in [4.69, 9.17) is 9.47 Å². The first-order valence-electron chi connectivity index (χ1n) is 9.55. The van der Waals surface area contributed by atoms with Crippen LogP contribution in [-0.2, 0) is 16.0 Å². The van der Waals surface area contributed by atoms with E-state index < -0.39 is 0 Å². The van der Waals surface area contributed by atoms with Crippen molar-refractivity contribution in [3.05, 3.63) is 29.6 Å². The molecule has 2 saturated heterocycles. The third kappa shape index (κ3) is 5.23. The molecule has 0 amide bonds. The van der Waals surface area contributed by atoms with Crippen LogP contribution in [0.1, 0.15) is 30.7 Å². The average molecular weight is 348 g/mol. The predicted octanol–water partition coefficient (Wildman–Crippen LogP) is 2.34. The van der Waals surface area contributed by atoms with Crippen LogP contribution in [0.3, 0.4) is 0 Å². The Kier molecular flexibility index (Phi) is 6.44. The van der Waals surface area contributed by atoms with Gasteiger partial charge in [-0.2, -0.15) is 0 Å². The number of aryl methyl sites for hydroxylation is 1. The minimum absolute atomic E-state index is 0.0643. The van der Waals surface area contributed by atoms with Crippen LogP contribution in [0.5, 0.6) is 0 Å². The van der Waals surface area contributed by atoms with Gasteiger partial charge in [0.05, 0.1) is 24.5 Å². The normalized spacial score (nSPS) is 27.4. The maximum Gasteiger partial charge on any atom is 0.0813 e. The topological polar surface area (TPSA) is 37.8 Å². The standard InChI is InChI=1S/C20H33N3O2/c1-17-6-4-7-19(21-17)14-23-9-5-8-20(16-23)12-18(15-25-20)13-22(2)10-11-24-3/h4,6-7,18H,5,8-16H2,1-3H3/t18-,20+/m1/s1. The number of likely N-dealkylation sites (N-methyl/N-ethyl adjacent to an activating group) is 1.